The molecule has 1 rings (SSSR count). The molecule has 2 unspecified atom stereocenters. The maximum atomic E-state index is 12.8. The number of nitrogens with one attached hydrogen (secondary N) is 2. The third-order valence-corrected chi connectivity index (χ3v) is 2.61. The van der Waals surface area contributed by atoms with Gasteiger partial charge in [-0.05, 0) is 19.1 Å². The Kier molecular flexibility index (Phi) is 4.91. The molecule has 5 N–H and O–H groups in total. The molecule has 0 heterocycles. The van der Waals surface area contributed by atoms with Gasteiger partial charge in [0.15, 0.2) is 11.3 Å². The van der Waals surface area contributed by atoms with Gasteiger partial charge in [0, 0.05) is 11.8 Å². The van der Waals surface area contributed by atoms with E-state index < -0.39 is 40.8 Å². The van der Waals surface area contributed by atoms with Gasteiger partial charge in [0.05, 0.1) is 6.61 Å². The fourth-order valence-electron chi connectivity index (χ4n) is 1.38. The van der Waals surface area contributed by atoms with Crippen LogP contribution in [0.3, 0.4) is 0 Å². The lowest BCUT2D eigenvalue weighted by Crippen LogP contribution is -2.99. The maximum absolute atomic E-state index is 12.8. The molecule has 118 valence electrons. The molecular weight excluding hydrogens is 297 g/mol. The van der Waals surface area contributed by atoms with Crippen LogP contribution in [-0.2, 0) is 11.0 Å². The summed E-state index contributed by atoms with van der Waals surface area (Å²) in [6.45, 7) is 0.0385. The van der Waals surface area contributed by atoms with Crippen LogP contribution in [0.5, 0.6) is 0 Å². The number of rotatable bonds is 4. The van der Waals surface area contributed by atoms with Crippen LogP contribution in [0.15, 0.2) is 18.2 Å². The minimum Gasteiger partial charge on any atom is -0.595 e. The highest BCUT2D eigenvalue weighted by Crippen LogP contribution is 2.35. The summed E-state index contributed by atoms with van der Waals surface area (Å²) < 4.78 is 38.3. The van der Waals surface area contributed by atoms with E-state index in [1.165, 1.54) is 0 Å². The van der Waals surface area contributed by atoms with Crippen LogP contribution in [0.2, 0.25) is 0 Å². The number of hydrogen-bond acceptors (Lipinski definition) is 5. The van der Waals surface area contributed by atoms with Crippen molar-refractivity contribution in [1.29, 1.82) is 0 Å². The normalized spacial score (nSPS) is 16.2. The number of carbonyl (C=O) groups is 1. The second kappa shape index (κ2) is 5.95. The quantitative estimate of drug-likeness (QED) is 0.493. The molecule has 0 saturated heterocycles. The molecule has 0 aliphatic rings. The van der Waals surface area contributed by atoms with Gasteiger partial charge in [0.2, 0.25) is 0 Å². The average molecular weight is 310 g/mol. The monoisotopic (exact) mass is 310 g/mol. The molecule has 0 fully saturated rings. The molecule has 0 aromatic heterocycles. The Morgan fingerprint density at radius 1 is 1.43 bits per heavy atom. The van der Waals surface area contributed by atoms with E-state index >= 15 is 0 Å². The highest BCUT2D eigenvalue weighted by molar-refractivity contribution is 5.97. The standard InChI is InChI=1S/C11H13F3N2O5/c1-10(19,5-17)9(18)15-6-2-3-8(16(20)21)7(4-6)11(12,13)14/h2-4,16-17,19-20H,5H2,1H3,(H,15,18). The summed E-state index contributed by atoms with van der Waals surface area (Å²) in [4.78, 5) is 11.5. The number of aliphatic hydroxyl groups is 2. The van der Waals surface area contributed by atoms with Crippen molar-refractivity contribution in [2.45, 2.75) is 18.7 Å². The Labute approximate surface area is 116 Å². The summed E-state index contributed by atoms with van der Waals surface area (Å²) in [5.41, 5.74) is -4.93. The SMILES string of the molecule is CC(O)(CO)C(=O)Nc1ccc([NH+]([O-])O)c(C(F)(F)F)c1. The first-order valence-electron chi connectivity index (χ1n) is 5.58. The van der Waals surface area contributed by atoms with E-state index in [1.807, 2.05) is 5.32 Å². The molecule has 0 aliphatic carbocycles. The first-order valence-corrected chi connectivity index (χ1v) is 5.58. The predicted molar refractivity (Wildman–Crippen MR) is 63.6 cm³/mol. The summed E-state index contributed by atoms with van der Waals surface area (Å²) >= 11 is 0. The van der Waals surface area contributed by atoms with E-state index in [0.717, 1.165) is 13.0 Å². The van der Waals surface area contributed by atoms with Crippen molar-refractivity contribution in [2.24, 2.45) is 0 Å². The number of benzene rings is 1. The van der Waals surface area contributed by atoms with Crippen molar-refractivity contribution in [1.82, 2.24) is 0 Å². The van der Waals surface area contributed by atoms with Crippen LogP contribution in [0.4, 0.5) is 24.5 Å². The van der Waals surface area contributed by atoms with Gasteiger partial charge in [0.1, 0.15) is 5.56 Å². The summed E-state index contributed by atoms with van der Waals surface area (Å²) in [6.07, 6.45) is -4.92. The van der Waals surface area contributed by atoms with Gasteiger partial charge in [-0.15, -0.1) is 0 Å². The lowest BCUT2D eigenvalue weighted by Gasteiger charge is -2.21. The Bertz CT molecular complexity index is 531. The number of carbonyl (C=O) groups excluding carboxylic acids is 1. The van der Waals surface area contributed by atoms with Gasteiger partial charge in [-0.1, -0.05) is 0 Å². The first kappa shape index (κ1) is 17.3. The van der Waals surface area contributed by atoms with Gasteiger partial charge in [-0.3, -0.25) is 4.79 Å². The zero-order chi connectivity index (χ0) is 16.4. The van der Waals surface area contributed by atoms with Gasteiger partial charge < -0.3 is 20.7 Å². The number of halogens is 3. The summed E-state index contributed by atoms with van der Waals surface area (Å²) in [6, 6.07) is 2.08. The third kappa shape index (κ3) is 4.12. The Hall–Kier alpha value is -1.72. The number of amides is 1. The van der Waals surface area contributed by atoms with Crippen LogP contribution >= 0.6 is 0 Å². The molecule has 0 saturated carbocycles. The highest BCUT2D eigenvalue weighted by Gasteiger charge is 2.37. The van der Waals surface area contributed by atoms with E-state index in [1.54, 1.807) is 0 Å². The van der Waals surface area contributed by atoms with Crippen LogP contribution < -0.4 is 10.5 Å². The fraction of sp³-hybridized carbons (Fsp3) is 0.364. The van der Waals surface area contributed by atoms with Crippen molar-refractivity contribution in [2.75, 3.05) is 11.9 Å². The van der Waals surface area contributed by atoms with E-state index in [9.17, 15) is 28.3 Å². The molecule has 1 amide bonds. The predicted octanol–water partition coefficient (Wildman–Crippen LogP) is -0.209. The van der Waals surface area contributed by atoms with Crippen molar-refractivity contribution in [3.63, 3.8) is 0 Å². The number of alkyl halides is 3. The number of hydrogen-bond donors (Lipinski definition) is 5. The number of quaternary nitrogens is 1. The van der Waals surface area contributed by atoms with E-state index in [0.29, 0.717) is 12.1 Å². The van der Waals surface area contributed by atoms with Gasteiger partial charge in [-0.2, -0.15) is 18.4 Å². The molecule has 0 aliphatic heterocycles. The fourth-order valence-corrected chi connectivity index (χ4v) is 1.38. The van der Waals surface area contributed by atoms with Crippen LogP contribution in [0.25, 0.3) is 0 Å². The van der Waals surface area contributed by atoms with E-state index in [4.69, 9.17) is 10.3 Å². The Balaban J connectivity index is 3.15. The Morgan fingerprint density at radius 3 is 2.43 bits per heavy atom. The average Bonchev–Trinajstić information content (AvgIpc) is 2.37. The van der Waals surface area contributed by atoms with Crippen molar-refractivity contribution < 1.29 is 38.6 Å². The second-order valence-electron chi connectivity index (χ2n) is 4.45. The molecule has 7 nitrogen and oxygen atoms in total. The van der Waals surface area contributed by atoms with Crippen molar-refractivity contribution >= 4 is 17.3 Å². The van der Waals surface area contributed by atoms with E-state index in [2.05, 4.69) is 0 Å². The summed E-state index contributed by atoms with van der Waals surface area (Å²) in [7, 11) is 0. The molecular formula is C11H13F3N2O5. The largest absolute Gasteiger partial charge is 0.595 e. The molecule has 2 atom stereocenters. The van der Waals surface area contributed by atoms with Crippen molar-refractivity contribution in [3.05, 3.63) is 29.0 Å². The van der Waals surface area contributed by atoms with Crippen LogP contribution in [0.1, 0.15) is 12.5 Å². The molecule has 1 aromatic rings. The lowest BCUT2D eigenvalue weighted by molar-refractivity contribution is -0.991. The summed E-state index contributed by atoms with van der Waals surface area (Å²) in [5, 5.41) is 37.9. The zero-order valence-corrected chi connectivity index (χ0v) is 10.7. The summed E-state index contributed by atoms with van der Waals surface area (Å²) in [5.74, 6) is -1.12. The van der Waals surface area contributed by atoms with Gasteiger partial charge in [0.25, 0.3) is 5.91 Å². The second-order valence-corrected chi connectivity index (χ2v) is 4.45. The smallest absolute Gasteiger partial charge is 0.422 e. The molecule has 0 spiro atoms. The minimum atomic E-state index is -4.92. The lowest BCUT2D eigenvalue weighted by atomic mass is 10.1. The molecule has 0 radical (unpaired) electrons. The zero-order valence-electron chi connectivity index (χ0n) is 10.7. The Morgan fingerprint density at radius 2 is 2.00 bits per heavy atom. The topological polar surface area (TPSA) is 117 Å². The van der Waals surface area contributed by atoms with Crippen LogP contribution in [-0.4, -0.2) is 33.5 Å². The first-order chi connectivity index (χ1) is 9.49. The number of anilines is 1. The molecule has 10 heteroatoms. The van der Waals surface area contributed by atoms with E-state index in [-0.39, 0.29) is 5.69 Å². The molecule has 21 heavy (non-hydrogen) atoms. The van der Waals surface area contributed by atoms with Gasteiger partial charge >= 0.3 is 6.18 Å². The molecule has 0 bridgehead atoms. The molecule has 1 aromatic carbocycles. The highest BCUT2D eigenvalue weighted by atomic mass is 19.4. The minimum absolute atomic E-state index is 0.356. The van der Waals surface area contributed by atoms with Crippen LogP contribution in [0, 0.1) is 5.21 Å². The number of aliphatic hydroxyl groups excluding tert-OH is 1. The third-order valence-electron chi connectivity index (χ3n) is 2.61. The van der Waals surface area contributed by atoms with Crippen molar-refractivity contribution in [3.8, 4) is 0 Å². The van der Waals surface area contributed by atoms with Gasteiger partial charge in [-0.25, -0.2) is 5.21 Å². The maximum Gasteiger partial charge on any atom is 0.422 e.